The summed E-state index contributed by atoms with van der Waals surface area (Å²) in [5.41, 5.74) is 2.71. The minimum absolute atomic E-state index is 0.00808. The predicted octanol–water partition coefficient (Wildman–Crippen LogP) is 4.11. The Balaban J connectivity index is 1.55. The summed E-state index contributed by atoms with van der Waals surface area (Å²) in [5, 5.41) is 0. The van der Waals surface area contributed by atoms with Crippen LogP contribution in [0.1, 0.15) is 49.8 Å². The Bertz CT molecular complexity index is 1280. The summed E-state index contributed by atoms with van der Waals surface area (Å²) in [6.45, 7) is 8.66. The maximum absolute atomic E-state index is 14.8. The highest BCUT2D eigenvalue weighted by atomic mass is 19.1. The number of benzene rings is 1. The lowest BCUT2D eigenvalue weighted by Gasteiger charge is -2.46. The van der Waals surface area contributed by atoms with Crippen molar-refractivity contribution in [2.24, 2.45) is 5.92 Å². The first-order valence-corrected chi connectivity index (χ1v) is 11.6. The third-order valence-electron chi connectivity index (χ3n) is 6.93. The molecule has 3 aromatic rings. The predicted molar refractivity (Wildman–Crippen MR) is 122 cm³/mol. The van der Waals surface area contributed by atoms with Gasteiger partial charge in [0.2, 0.25) is 5.91 Å². The van der Waals surface area contributed by atoms with Crippen molar-refractivity contribution < 1.29 is 18.3 Å². The molecule has 0 saturated carbocycles. The molecule has 178 valence electrons. The van der Waals surface area contributed by atoms with Gasteiger partial charge in [0, 0.05) is 43.5 Å². The smallest absolute Gasteiger partial charge is 0.219 e. The number of aryl methyl sites for hydroxylation is 2. The van der Waals surface area contributed by atoms with E-state index in [4.69, 9.17) is 14.7 Å². The average Bonchev–Trinajstić information content (AvgIpc) is 2.72. The molecule has 3 atom stereocenters. The fourth-order valence-corrected chi connectivity index (χ4v) is 4.89. The van der Waals surface area contributed by atoms with Crippen molar-refractivity contribution >= 4 is 17.1 Å². The fraction of sp³-hybridized carbons (Fsp3) is 0.480. The van der Waals surface area contributed by atoms with Gasteiger partial charge in [-0.1, -0.05) is 0 Å². The Morgan fingerprint density at radius 1 is 1.06 bits per heavy atom. The maximum Gasteiger partial charge on any atom is 0.219 e. The number of rotatable bonds is 3. The van der Waals surface area contributed by atoms with Crippen molar-refractivity contribution in [2.75, 3.05) is 13.1 Å². The van der Waals surface area contributed by atoms with Gasteiger partial charge in [-0.2, -0.15) is 0 Å². The van der Waals surface area contributed by atoms with Gasteiger partial charge in [0.05, 0.1) is 23.6 Å². The van der Waals surface area contributed by atoms with E-state index in [2.05, 4.69) is 9.97 Å². The Morgan fingerprint density at radius 3 is 2.50 bits per heavy atom. The van der Waals surface area contributed by atoms with Crippen LogP contribution < -0.4 is 0 Å². The van der Waals surface area contributed by atoms with E-state index < -0.39 is 11.6 Å². The van der Waals surface area contributed by atoms with Gasteiger partial charge in [-0.05, 0) is 45.7 Å². The zero-order chi connectivity index (χ0) is 24.1. The van der Waals surface area contributed by atoms with E-state index in [0.29, 0.717) is 47.9 Å². The third-order valence-corrected chi connectivity index (χ3v) is 6.93. The highest BCUT2D eigenvalue weighted by molar-refractivity contribution is 5.87. The average molecular weight is 468 g/mol. The first-order chi connectivity index (χ1) is 16.2. The number of nitrogens with zero attached hydrogens (tertiary/aromatic N) is 5. The molecule has 5 rings (SSSR count). The summed E-state index contributed by atoms with van der Waals surface area (Å²) in [4.78, 5) is 32.1. The van der Waals surface area contributed by atoms with Gasteiger partial charge >= 0.3 is 0 Å². The largest absolute Gasteiger partial charge is 0.375 e. The van der Waals surface area contributed by atoms with E-state index in [1.54, 1.807) is 6.92 Å². The molecule has 1 amide bonds. The summed E-state index contributed by atoms with van der Waals surface area (Å²) >= 11 is 0. The maximum atomic E-state index is 14.8. The third kappa shape index (κ3) is 4.13. The van der Waals surface area contributed by atoms with Crippen LogP contribution in [0.2, 0.25) is 0 Å². The van der Waals surface area contributed by atoms with E-state index in [0.717, 1.165) is 18.2 Å². The number of carbonyl (C=O) groups is 1. The molecule has 0 spiro atoms. The topological polar surface area (TPSA) is 81.1 Å². The first-order valence-electron chi connectivity index (χ1n) is 11.6. The summed E-state index contributed by atoms with van der Waals surface area (Å²) in [7, 11) is 0. The van der Waals surface area contributed by atoms with Crippen molar-refractivity contribution in [1.29, 1.82) is 0 Å². The van der Waals surface area contributed by atoms with Crippen LogP contribution >= 0.6 is 0 Å². The van der Waals surface area contributed by atoms with Crippen LogP contribution in [0.5, 0.6) is 0 Å². The van der Waals surface area contributed by atoms with E-state index in [1.165, 1.54) is 12.1 Å². The molecule has 34 heavy (non-hydrogen) atoms. The highest BCUT2D eigenvalue weighted by Crippen LogP contribution is 2.38. The molecule has 0 bridgehead atoms. The van der Waals surface area contributed by atoms with Crippen molar-refractivity contribution in [3.05, 3.63) is 47.0 Å². The van der Waals surface area contributed by atoms with E-state index >= 15 is 0 Å². The Labute approximate surface area is 196 Å². The molecular formula is C25H27F2N5O2. The molecule has 1 unspecified atom stereocenters. The molecule has 2 fully saturated rings. The van der Waals surface area contributed by atoms with Gasteiger partial charge in [0.25, 0.3) is 0 Å². The van der Waals surface area contributed by atoms with Crippen LogP contribution in [0.4, 0.5) is 8.78 Å². The van der Waals surface area contributed by atoms with Gasteiger partial charge in [-0.3, -0.25) is 4.79 Å². The van der Waals surface area contributed by atoms with Crippen LogP contribution in [0.25, 0.3) is 22.4 Å². The molecule has 0 radical (unpaired) electrons. The Kier molecular flexibility index (Phi) is 5.75. The van der Waals surface area contributed by atoms with E-state index in [-0.39, 0.29) is 35.5 Å². The van der Waals surface area contributed by atoms with Crippen LogP contribution in [-0.4, -0.2) is 56.0 Å². The number of carbonyl (C=O) groups excluding carboxylic acids is 1. The van der Waals surface area contributed by atoms with Crippen molar-refractivity contribution in [3.8, 4) is 11.3 Å². The molecule has 9 heteroatoms. The van der Waals surface area contributed by atoms with Crippen molar-refractivity contribution in [1.82, 2.24) is 24.8 Å². The second-order valence-electron chi connectivity index (χ2n) is 9.46. The standard InChI is InChI=1S/C25H27F2N5O2/c1-12-7-16(8-21(34-12)17-10-32(11-17)15(4)33)24-30-22(19-6-5-18(26)9-20(19)27)23-25(31-24)29-14(3)13(2)28-23/h5-6,9,12,16-17,21H,7-8,10-11H2,1-4H3/t12-,16?,21-/m1/s1. The van der Waals surface area contributed by atoms with Crippen molar-refractivity contribution in [3.63, 3.8) is 0 Å². The number of hydrogen-bond donors (Lipinski definition) is 0. The lowest BCUT2D eigenvalue weighted by molar-refractivity contribution is -0.146. The summed E-state index contributed by atoms with van der Waals surface area (Å²) in [5.74, 6) is -0.470. The minimum atomic E-state index is -0.706. The fourth-order valence-electron chi connectivity index (χ4n) is 4.89. The Hall–Kier alpha value is -3.07. The number of amides is 1. The normalized spacial score (nSPS) is 23.2. The lowest BCUT2D eigenvalue weighted by atomic mass is 9.82. The number of fused-ring (bicyclic) bond motifs is 1. The molecule has 7 nitrogen and oxygen atoms in total. The second kappa shape index (κ2) is 8.61. The quantitative estimate of drug-likeness (QED) is 0.577. The van der Waals surface area contributed by atoms with Crippen LogP contribution in [0.15, 0.2) is 18.2 Å². The van der Waals surface area contributed by atoms with Crippen molar-refractivity contribution in [2.45, 2.75) is 58.7 Å². The molecule has 2 aromatic heterocycles. The minimum Gasteiger partial charge on any atom is -0.375 e. The molecule has 0 N–H and O–H groups in total. The second-order valence-corrected chi connectivity index (χ2v) is 9.46. The molecule has 2 saturated heterocycles. The molecule has 4 heterocycles. The summed E-state index contributed by atoms with van der Waals surface area (Å²) < 4.78 is 34.6. The van der Waals surface area contributed by atoms with Crippen LogP contribution in [0.3, 0.4) is 0 Å². The van der Waals surface area contributed by atoms with E-state index in [9.17, 15) is 13.6 Å². The van der Waals surface area contributed by atoms with Crippen LogP contribution in [-0.2, 0) is 9.53 Å². The van der Waals surface area contributed by atoms with Gasteiger partial charge < -0.3 is 9.64 Å². The number of hydrogen-bond acceptors (Lipinski definition) is 6. The zero-order valence-electron chi connectivity index (χ0n) is 19.7. The number of likely N-dealkylation sites (tertiary alicyclic amines) is 1. The SMILES string of the molecule is CC(=O)N1CC([C@H]2CC(c3nc(-c4ccc(F)cc4F)c4nc(C)c(C)nc4n3)C[C@@H](C)O2)C1. The van der Waals surface area contributed by atoms with Gasteiger partial charge in [0.15, 0.2) is 5.65 Å². The van der Waals surface area contributed by atoms with Crippen LogP contribution in [0, 0.1) is 31.4 Å². The van der Waals surface area contributed by atoms with Gasteiger partial charge in [0.1, 0.15) is 28.7 Å². The molecule has 0 aliphatic carbocycles. The monoisotopic (exact) mass is 467 g/mol. The molecule has 2 aliphatic heterocycles. The number of aromatic nitrogens is 4. The Morgan fingerprint density at radius 2 is 1.79 bits per heavy atom. The summed E-state index contributed by atoms with van der Waals surface area (Å²) in [6, 6.07) is 3.44. The molecular weight excluding hydrogens is 440 g/mol. The molecule has 1 aromatic carbocycles. The lowest BCUT2D eigenvalue weighted by Crippen LogP contribution is -2.55. The first kappa shape index (κ1) is 22.7. The number of halogens is 2. The zero-order valence-corrected chi connectivity index (χ0v) is 19.7. The molecule has 2 aliphatic rings. The number of ether oxygens (including phenoxy) is 1. The van der Waals surface area contributed by atoms with Gasteiger partial charge in [-0.15, -0.1) is 0 Å². The van der Waals surface area contributed by atoms with Gasteiger partial charge in [-0.25, -0.2) is 28.7 Å². The highest BCUT2D eigenvalue weighted by Gasteiger charge is 2.41. The van der Waals surface area contributed by atoms with E-state index in [1.807, 2.05) is 25.7 Å². The summed E-state index contributed by atoms with van der Waals surface area (Å²) in [6.07, 6.45) is 1.40.